The third kappa shape index (κ3) is 3.25. The molecule has 1 aromatic carbocycles. The zero-order valence-electron chi connectivity index (χ0n) is 10.7. The highest BCUT2D eigenvalue weighted by atomic mass is 35.7. The lowest BCUT2D eigenvalue weighted by Crippen LogP contribution is -2.30. The average Bonchev–Trinajstić information content (AvgIpc) is 2.86. The number of hydrogen-bond acceptors (Lipinski definition) is 4. The van der Waals surface area contributed by atoms with Crippen molar-refractivity contribution in [3.05, 3.63) is 28.8 Å². The van der Waals surface area contributed by atoms with E-state index >= 15 is 0 Å². The SMILES string of the molecule is COC1CCN(C(=O)c2cc(S(=O)(=O)Cl)ccc2Cl)C1. The highest BCUT2D eigenvalue weighted by molar-refractivity contribution is 8.13. The van der Waals surface area contributed by atoms with Crippen LogP contribution in [0.1, 0.15) is 16.8 Å². The summed E-state index contributed by atoms with van der Waals surface area (Å²) in [4.78, 5) is 13.8. The smallest absolute Gasteiger partial charge is 0.261 e. The molecule has 110 valence electrons. The van der Waals surface area contributed by atoms with Gasteiger partial charge < -0.3 is 9.64 Å². The third-order valence-electron chi connectivity index (χ3n) is 3.22. The van der Waals surface area contributed by atoms with Gasteiger partial charge in [0.15, 0.2) is 0 Å². The lowest BCUT2D eigenvalue weighted by atomic mass is 10.2. The van der Waals surface area contributed by atoms with Crippen LogP contribution in [0.3, 0.4) is 0 Å². The molecule has 1 aromatic rings. The first-order chi connectivity index (χ1) is 9.32. The van der Waals surface area contributed by atoms with Crippen molar-refractivity contribution in [2.24, 2.45) is 0 Å². The summed E-state index contributed by atoms with van der Waals surface area (Å²) < 4.78 is 27.8. The maximum absolute atomic E-state index is 12.4. The van der Waals surface area contributed by atoms with Crippen molar-refractivity contribution in [3.63, 3.8) is 0 Å². The minimum absolute atomic E-state index is 0.00216. The average molecular weight is 338 g/mol. The van der Waals surface area contributed by atoms with Gasteiger partial charge in [-0.25, -0.2) is 8.42 Å². The van der Waals surface area contributed by atoms with Crippen molar-refractivity contribution < 1.29 is 17.9 Å². The van der Waals surface area contributed by atoms with Crippen molar-refractivity contribution in [1.29, 1.82) is 0 Å². The second kappa shape index (κ2) is 5.89. The predicted octanol–water partition coefficient (Wildman–Crippen LogP) is 2.13. The molecule has 5 nitrogen and oxygen atoms in total. The van der Waals surface area contributed by atoms with Crippen LogP contribution in [0.2, 0.25) is 5.02 Å². The van der Waals surface area contributed by atoms with Crippen molar-refractivity contribution in [2.75, 3.05) is 20.2 Å². The number of methoxy groups -OCH3 is 1. The first-order valence-electron chi connectivity index (χ1n) is 5.89. The molecule has 1 unspecified atom stereocenters. The number of amides is 1. The Morgan fingerprint density at radius 3 is 2.70 bits per heavy atom. The molecule has 1 heterocycles. The van der Waals surface area contributed by atoms with Gasteiger partial charge in [0.1, 0.15) is 0 Å². The molecule has 1 fully saturated rings. The van der Waals surface area contributed by atoms with E-state index in [1.165, 1.54) is 18.2 Å². The van der Waals surface area contributed by atoms with Gasteiger partial charge in [0.2, 0.25) is 0 Å². The Labute approximate surface area is 126 Å². The maximum atomic E-state index is 12.4. The van der Waals surface area contributed by atoms with Crippen LogP contribution in [-0.2, 0) is 13.8 Å². The summed E-state index contributed by atoms with van der Waals surface area (Å²) in [6.07, 6.45) is 0.741. The predicted molar refractivity (Wildman–Crippen MR) is 75.8 cm³/mol. The molecule has 0 N–H and O–H groups in total. The fourth-order valence-corrected chi connectivity index (χ4v) is 3.07. The summed E-state index contributed by atoms with van der Waals surface area (Å²) in [5, 5.41) is 0.194. The van der Waals surface area contributed by atoms with Crippen LogP contribution >= 0.6 is 22.3 Å². The molecular weight excluding hydrogens is 325 g/mol. The van der Waals surface area contributed by atoms with Gasteiger partial charge in [0.25, 0.3) is 15.0 Å². The first kappa shape index (κ1) is 15.6. The third-order valence-corrected chi connectivity index (χ3v) is 4.90. The van der Waals surface area contributed by atoms with Crippen LogP contribution in [0.25, 0.3) is 0 Å². The van der Waals surface area contributed by atoms with E-state index in [2.05, 4.69) is 0 Å². The Hall–Kier alpha value is -0.820. The Bertz CT molecular complexity index is 632. The molecule has 2 rings (SSSR count). The van der Waals surface area contributed by atoms with Gasteiger partial charge >= 0.3 is 0 Å². The molecule has 0 radical (unpaired) electrons. The molecule has 0 spiro atoms. The number of nitrogens with zero attached hydrogens (tertiary/aromatic N) is 1. The monoisotopic (exact) mass is 337 g/mol. The fourth-order valence-electron chi connectivity index (χ4n) is 2.10. The molecule has 0 saturated carbocycles. The normalized spacial score (nSPS) is 19.4. The lowest BCUT2D eigenvalue weighted by molar-refractivity contribution is 0.0724. The molecule has 0 aromatic heterocycles. The highest BCUT2D eigenvalue weighted by Crippen LogP contribution is 2.25. The Kier molecular flexibility index (Phi) is 4.59. The lowest BCUT2D eigenvalue weighted by Gasteiger charge is -2.17. The van der Waals surface area contributed by atoms with Crippen LogP contribution in [0, 0.1) is 0 Å². The van der Waals surface area contributed by atoms with E-state index in [9.17, 15) is 13.2 Å². The number of hydrogen-bond donors (Lipinski definition) is 0. The Morgan fingerprint density at radius 2 is 2.15 bits per heavy atom. The molecule has 1 atom stereocenters. The quantitative estimate of drug-likeness (QED) is 0.792. The molecule has 1 aliphatic rings. The van der Waals surface area contributed by atoms with Gasteiger partial charge in [-0.3, -0.25) is 4.79 Å². The van der Waals surface area contributed by atoms with Gasteiger partial charge in [-0.05, 0) is 24.6 Å². The number of rotatable bonds is 3. The number of halogens is 2. The zero-order valence-corrected chi connectivity index (χ0v) is 13.0. The van der Waals surface area contributed by atoms with Crippen LogP contribution in [-0.4, -0.2) is 45.5 Å². The molecular formula is C12H13Cl2NO4S. The van der Waals surface area contributed by atoms with Crippen molar-refractivity contribution >= 4 is 37.2 Å². The number of carbonyl (C=O) groups excluding carboxylic acids is 1. The minimum Gasteiger partial charge on any atom is -0.380 e. The number of benzene rings is 1. The van der Waals surface area contributed by atoms with E-state index < -0.39 is 9.05 Å². The number of carbonyl (C=O) groups is 1. The highest BCUT2D eigenvalue weighted by Gasteiger charge is 2.28. The first-order valence-corrected chi connectivity index (χ1v) is 8.58. The van der Waals surface area contributed by atoms with Crippen molar-refractivity contribution in [2.45, 2.75) is 17.4 Å². The van der Waals surface area contributed by atoms with E-state index in [0.29, 0.717) is 13.1 Å². The maximum Gasteiger partial charge on any atom is 0.261 e. The molecule has 1 amide bonds. The topological polar surface area (TPSA) is 63.7 Å². The largest absolute Gasteiger partial charge is 0.380 e. The molecule has 1 aliphatic heterocycles. The summed E-state index contributed by atoms with van der Waals surface area (Å²) in [5.41, 5.74) is 0.130. The number of ether oxygens (including phenoxy) is 1. The standard InChI is InChI=1S/C12H13Cl2NO4S/c1-19-8-4-5-15(7-8)12(16)10-6-9(20(14,17)18)2-3-11(10)13/h2-3,6,8H,4-5,7H2,1H3. The zero-order chi connectivity index (χ0) is 14.9. The van der Waals surface area contributed by atoms with Crippen molar-refractivity contribution in [1.82, 2.24) is 4.90 Å². The van der Waals surface area contributed by atoms with Crippen LogP contribution in [0.5, 0.6) is 0 Å². The second-order valence-corrected chi connectivity index (χ2v) is 7.45. The second-order valence-electron chi connectivity index (χ2n) is 4.48. The van der Waals surface area contributed by atoms with Crippen LogP contribution in [0.15, 0.2) is 23.1 Å². The Morgan fingerprint density at radius 1 is 1.45 bits per heavy atom. The van der Waals surface area contributed by atoms with Gasteiger partial charge in [0, 0.05) is 30.9 Å². The molecule has 1 saturated heterocycles. The van der Waals surface area contributed by atoms with Gasteiger partial charge in [0.05, 0.1) is 21.6 Å². The molecule has 0 bridgehead atoms. The van der Waals surface area contributed by atoms with Crippen LogP contribution < -0.4 is 0 Å². The van der Waals surface area contributed by atoms with E-state index in [4.69, 9.17) is 27.0 Å². The van der Waals surface area contributed by atoms with E-state index in [-0.39, 0.29) is 27.5 Å². The molecule has 0 aliphatic carbocycles. The summed E-state index contributed by atoms with van der Waals surface area (Å²) in [7, 11) is 2.97. The molecule has 8 heteroatoms. The van der Waals surface area contributed by atoms with E-state index in [0.717, 1.165) is 6.42 Å². The van der Waals surface area contributed by atoms with Gasteiger partial charge in [-0.15, -0.1) is 0 Å². The Balaban J connectivity index is 2.30. The van der Waals surface area contributed by atoms with E-state index in [1.54, 1.807) is 12.0 Å². The van der Waals surface area contributed by atoms with Crippen molar-refractivity contribution in [3.8, 4) is 0 Å². The number of likely N-dealkylation sites (tertiary alicyclic amines) is 1. The summed E-state index contributed by atoms with van der Waals surface area (Å²) in [6.45, 7) is 1.01. The fraction of sp³-hybridized carbons (Fsp3) is 0.417. The van der Waals surface area contributed by atoms with E-state index in [1.807, 2.05) is 0 Å². The van der Waals surface area contributed by atoms with Crippen LogP contribution in [0.4, 0.5) is 0 Å². The van der Waals surface area contributed by atoms with Gasteiger partial charge in [-0.2, -0.15) is 0 Å². The van der Waals surface area contributed by atoms with Gasteiger partial charge in [-0.1, -0.05) is 11.6 Å². The minimum atomic E-state index is -3.90. The molecule has 20 heavy (non-hydrogen) atoms. The summed E-state index contributed by atoms with van der Waals surface area (Å²) in [6, 6.07) is 3.82. The summed E-state index contributed by atoms with van der Waals surface area (Å²) >= 11 is 5.97. The summed E-state index contributed by atoms with van der Waals surface area (Å²) in [5.74, 6) is -0.322.